The predicted molar refractivity (Wildman–Crippen MR) is 52.0 cm³/mol. The molecular formula is C9H14N4O2. The summed E-state index contributed by atoms with van der Waals surface area (Å²) in [7, 11) is 0. The van der Waals surface area contributed by atoms with Crippen molar-refractivity contribution in [3.8, 4) is 0 Å². The second-order valence-electron chi connectivity index (χ2n) is 4.15. The van der Waals surface area contributed by atoms with Crippen LogP contribution in [0.3, 0.4) is 0 Å². The zero-order valence-electron chi connectivity index (χ0n) is 8.37. The third-order valence-electron chi connectivity index (χ3n) is 2.99. The van der Waals surface area contributed by atoms with E-state index in [0.717, 1.165) is 19.6 Å². The van der Waals surface area contributed by atoms with Gasteiger partial charge >= 0.3 is 0 Å². The second-order valence-corrected chi connectivity index (χ2v) is 4.15. The summed E-state index contributed by atoms with van der Waals surface area (Å²) in [6.07, 6.45) is 3.07. The van der Waals surface area contributed by atoms with Crippen molar-refractivity contribution in [3.63, 3.8) is 0 Å². The number of aromatic nitrogens is 3. The van der Waals surface area contributed by atoms with E-state index in [-0.39, 0.29) is 12.2 Å². The first-order valence-corrected chi connectivity index (χ1v) is 5.20. The number of hydrogen-bond acceptors (Lipinski definition) is 5. The maximum atomic E-state index is 5.83. The molecule has 2 fully saturated rings. The van der Waals surface area contributed by atoms with E-state index in [4.69, 9.17) is 15.2 Å². The quantitative estimate of drug-likeness (QED) is 0.723. The van der Waals surface area contributed by atoms with Crippen LogP contribution < -0.4 is 5.73 Å². The van der Waals surface area contributed by atoms with Crippen molar-refractivity contribution >= 4 is 5.82 Å². The van der Waals surface area contributed by atoms with E-state index < -0.39 is 0 Å². The standard InChI is InChI=1S/C9H14N4O2/c10-9-2-11-13(12-9)3-7-1-6-4-14-5-8(6)15-7/h2,6-8H,1,3-5H2,(H2,10,12)/t6-,7?,8+/m0/s1. The molecule has 0 spiro atoms. The zero-order valence-corrected chi connectivity index (χ0v) is 8.37. The Hall–Kier alpha value is -1.14. The Bertz CT molecular complexity index is 342. The summed E-state index contributed by atoms with van der Waals surface area (Å²) in [5, 5.41) is 8.08. The fraction of sp³-hybridized carbons (Fsp3) is 0.778. The lowest BCUT2D eigenvalue weighted by molar-refractivity contribution is 0.00917. The summed E-state index contributed by atoms with van der Waals surface area (Å²) in [6, 6.07) is 0. The fourth-order valence-electron chi connectivity index (χ4n) is 2.29. The van der Waals surface area contributed by atoms with Crippen LogP contribution in [0.4, 0.5) is 5.82 Å². The van der Waals surface area contributed by atoms with E-state index >= 15 is 0 Å². The second kappa shape index (κ2) is 3.46. The van der Waals surface area contributed by atoms with Gasteiger partial charge in [0.25, 0.3) is 0 Å². The van der Waals surface area contributed by atoms with Crippen molar-refractivity contribution < 1.29 is 9.47 Å². The normalized spacial score (nSPS) is 34.5. The summed E-state index contributed by atoms with van der Waals surface area (Å²) >= 11 is 0. The van der Waals surface area contributed by atoms with E-state index in [1.54, 1.807) is 11.0 Å². The third-order valence-corrected chi connectivity index (χ3v) is 2.99. The van der Waals surface area contributed by atoms with E-state index in [1.165, 1.54) is 0 Å². The molecule has 6 heteroatoms. The number of ether oxygens (including phenoxy) is 2. The number of nitrogen functional groups attached to an aromatic ring is 1. The van der Waals surface area contributed by atoms with Gasteiger partial charge in [0.1, 0.15) is 0 Å². The highest BCUT2D eigenvalue weighted by molar-refractivity contribution is 5.19. The molecule has 82 valence electrons. The molecule has 1 aromatic heterocycles. The van der Waals surface area contributed by atoms with Crippen molar-refractivity contribution in [1.82, 2.24) is 15.0 Å². The Morgan fingerprint density at radius 3 is 3.20 bits per heavy atom. The van der Waals surface area contributed by atoms with Crippen LogP contribution in [0, 0.1) is 5.92 Å². The average Bonchev–Trinajstić information content (AvgIpc) is 2.81. The van der Waals surface area contributed by atoms with Crippen molar-refractivity contribution in [1.29, 1.82) is 0 Å². The van der Waals surface area contributed by atoms with Gasteiger partial charge in [-0.25, -0.2) is 0 Å². The van der Waals surface area contributed by atoms with E-state index in [0.29, 0.717) is 18.3 Å². The summed E-state index contributed by atoms with van der Waals surface area (Å²) in [4.78, 5) is 1.60. The molecule has 2 N–H and O–H groups in total. The molecule has 2 aliphatic heterocycles. The van der Waals surface area contributed by atoms with Crippen LogP contribution in [0.2, 0.25) is 0 Å². The molecule has 0 amide bonds. The van der Waals surface area contributed by atoms with Gasteiger partial charge in [-0.1, -0.05) is 0 Å². The first-order chi connectivity index (χ1) is 7.31. The lowest BCUT2D eigenvalue weighted by Crippen LogP contribution is -2.20. The van der Waals surface area contributed by atoms with Crippen molar-refractivity contribution in [3.05, 3.63) is 6.20 Å². The number of anilines is 1. The molecule has 0 aliphatic carbocycles. The van der Waals surface area contributed by atoms with Gasteiger partial charge in [0, 0.05) is 5.92 Å². The topological polar surface area (TPSA) is 75.2 Å². The molecule has 0 radical (unpaired) electrons. The van der Waals surface area contributed by atoms with Crippen LogP contribution in [0.15, 0.2) is 6.20 Å². The van der Waals surface area contributed by atoms with E-state index in [2.05, 4.69) is 10.2 Å². The van der Waals surface area contributed by atoms with Crippen LogP contribution in [-0.2, 0) is 16.0 Å². The molecule has 0 saturated carbocycles. The maximum Gasteiger partial charge on any atom is 0.165 e. The largest absolute Gasteiger partial charge is 0.381 e. The molecule has 0 aromatic carbocycles. The molecule has 0 bridgehead atoms. The Morgan fingerprint density at radius 2 is 2.47 bits per heavy atom. The highest BCUT2D eigenvalue weighted by Gasteiger charge is 2.39. The smallest absolute Gasteiger partial charge is 0.165 e. The van der Waals surface area contributed by atoms with Crippen LogP contribution in [0.5, 0.6) is 0 Å². The lowest BCUT2D eigenvalue weighted by Gasteiger charge is -2.10. The molecule has 15 heavy (non-hydrogen) atoms. The Balaban J connectivity index is 1.61. The minimum Gasteiger partial charge on any atom is -0.381 e. The van der Waals surface area contributed by atoms with Crippen molar-refractivity contribution in [2.45, 2.75) is 25.2 Å². The van der Waals surface area contributed by atoms with E-state index in [9.17, 15) is 0 Å². The minimum absolute atomic E-state index is 0.204. The van der Waals surface area contributed by atoms with Crippen LogP contribution in [0.1, 0.15) is 6.42 Å². The van der Waals surface area contributed by atoms with Gasteiger partial charge in [-0.3, -0.25) is 0 Å². The van der Waals surface area contributed by atoms with Crippen LogP contribution in [-0.4, -0.2) is 40.4 Å². The summed E-state index contributed by atoms with van der Waals surface area (Å²) in [6.45, 7) is 2.25. The van der Waals surface area contributed by atoms with Crippen LogP contribution >= 0.6 is 0 Å². The lowest BCUT2D eigenvalue weighted by atomic mass is 10.0. The Kier molecular flexibility index (Phi) is 2.10. The van der Waals surface area contributed by atoms with Crippen molar-refractivity contribution in [2.75, 3.05) is 18.9 Å². The molecule has 3 rings (SSSR count). The van der Waals surface area contributed by atoms with Crippen LogP contribution in [0.25, 0.3) is 0 Å². The first kappa shape index (κ1) is 9.11. The highest BCUT2D eigenvalue weighted by atomic mass is 16.6. The first-order valence-electron chi connectivity index (χ1n) is 5.20. The third kappa shape index (κ3) is 1.70. The van der Waals surface area contributed by atoms with E-state index in [1.807, 2.05) is 0 Å². The number of nitrogens with zero attached hydrogens (tertiary/aromatic N) is 3. The molecule has 3 atom stereocenters. The number of rotatable bonds is 2. The summed E-state index contributed by atoms with van der Waals surface area (Å²) in [5.74, 6) is 1.01. The molecule has 3 heterocycles. The van der Waals surface area contributed by atoms with Gasteiger partial charge in [-0.15, -0.1) is 5.10 Å². The Morgan fingerprint density at radius 1 is 1.53 bits per heavy atom. The monoisotopic (exact) mass is 210 g/mol. The highest BCUT2D eigenvalue weighted by Crippen LogP contribution is 2.31. The molecule has 1 unspecified atom stereocenters. The fourth-order valence-corrected chi connectivity index (χ4v) is 2.29. The Labute approximate surface area is 87.3 Å². The maximum absolute atomic E-state index is 5.83. The predicted octanol–water partition coefficient (Wildman–Crippen LogP) is -0.336. The van der Waals surface area contributed by atoms with Gasteiger partial charge in [-0.2, -0.15) is 9.90 Å². The zero-order chi connectivity index (χ0) is 10.3. The average molecular weight is 210 g/mol. The van der Waals surface area contributed by atoms with Gasteiger partial charge < -0.3 is 15.2 Å². The molecular weight excluding hydrogens is 196 g/mol. The number of fused-ring (bicyclic) bond motifs is 1. The minimum atomic E-state index is 0.204. The number of hydrogen-bond donors (Lipinski definition) is 1. The molecule has 2 aliphatic rings. The van der Waals surface area contributed by atoms with Gasteiger partial charge in [0.05, 0.1) is 38.2 Å². The summed E-state index contributed by atoms with van der Waals surface area (Å²) in [5.41, 5.74) is 5.49. The molecule has 2 saturated heterocycles. The molecule has 6 nitrogen and oxygen atoms in total. The van der Waals surface area contributed by atoms with Gasteiger partial charge in [0.2, 0.25) is 0 Å². The SMILES string of the molecule is Nc1cnn(CC2C[C@H]3COC[C@H]3O2)n1. The van der Waals surface area contributed by atoms with Gasteiger partial charge in [-0.05, 0) is 6.42 Å². The van der Waals surface area contributed by atoms with Crippen molar-refractivity contribution in [2.24, 2.45) is 5.92 Å². The van der Waals surface area contributed by atoms with Gasteiger partial charge in [0.15, 0.2) is 5.82 Å². The summed E-state index contributed by atoms with van der Waals surface area (Å²) < 4.78 is 11.2. The number of nitrogens with two attached hydrogens (primary N) is 1. The molecule has 1 aromatic rings.